The molecular formula is C15H13N3O4S2. The lowest BCUT2D eigenvalue weighted by molar-refractivity contribution is 0.0642. The van der Waals surface area contributed by atoms with Crippen LogP contribution < -0.4 is 4.72 Å². The summed E-state index contributed by atoms with van der Waals surface area (Å²) < 4.78 is 27.2. The Morgan fingerprint density at radius 1 is 1.21 bits per heavy atom. The lowest BCUT2D eigenvalue weighted by Gasteiger charge is -2.11. The molecule has 7 nitrogen and oxygen atoms in total. The molecule has 2 amide bonds. The van der Waals surface area contributed by atoms with Gasteiger partial charge in [0.2, 0.25) is 10.0 Å². The second-order valence-corrected chi connectivity index (χ2v) is 8.82. The van der Waals surface area contributed by atoms with Crippen molar-refractivity contribution >= 4 is 33.2 Å². The number of thiophene rings is 1. The number of carbonyl (C=O) groups is 2. The molecule has 2 aliphatic rings. The number of hydrogen-bond donors (Lipinski definition) is 1. The van der Waals surface area contributed by atoms with Crippen LogP contribution in [0, 0.1) is 0 Å². The minimum Gasteiger partial charge on any atom is -0.268 e. The van der Waals surface area contributed by atoms with Crippen molar-refractivity contribution in [3.63, 3.8) is 0 Å². The minimum atomic E-state index is -3.52. The Bertz CT molecular complexity index is 912. The number of hydrogen-bond acceptors (Lipinski definition) is 6. The van der Waals surface area contributed by atoms with E-state index in [0.29, 0.717) is 4.88 Å². The maximum absolute atomic E-state index is 12.3. The SMILES string of the molecule is O=C1c2cccnc2C(=O)N1Cc1ccc(S(=O)(=O)NC2CC2)s1. The average molecular weight is 363 g/mol. The first-order chi connectivity index (χ1) is 11.5. The molecule has 0 radical (unpaired) electrons. The molecule has 124 valence electrons. The number of rotatable bonds is 5. The Morgan fingerprint density at radius 2 is 2.00 bits per heavy atom. The van der Waals surface area contributed by atoms with E-state index >= 15 is 0 Å². The lowest BCUT2D eigenvalue weighted by Crippen LogP contribution is -2.28. The number of nitrogens with one attached hydrogen (secondary N) is 1. The monoisotopic (exact) mass is 363 g/mol. The van der Waals surface area contributed by atoms with Crippen LogP contribution in [0.4, 0.5) is 0 Å². The minimum absolute atomic E-state index is 0.0304. The van der Waals surface area contributed by atoms with Gasteiger partial charge in [-0.15, -0.1) is 11.3 Å². The van der Waals surface area contributed by atoms with Crippen molar-refractivity contribution in [1.29, 1.82) is 0 Å². The van der Waals surface area contributed by atoms with Crippen LogP contribution in [-0.4, -0.2) is 36.2 Å². The third kappa shape index (κ3) is 2.64. The number of sulfonamides is 1. The van der Waals surface area contributed by atoms with Gasteiger partial charge in [0.25, 0.3) is 11.8 Å². The molecule has 2 aromatic rings. The van der Waals surface area contributed by atoms with Gasteiger partial charge in [-0.05, 0) is 37.1 Å². The van der Waals surface area contributed by atoms with Gasteiger partial charge in [0.05, 0.1) is 12.1 Å². The smallest absolute Gasteiger partial charge is 0.268 e. The van der Waals surface area contributed by atoms with Gasteiger partial charge in [0.15, 0.2) is 0 Å². The van der Waals surface area contributed by atoms with Crippen LogP contribution in [0.3, 0.4) is 0 Å². The highest BCUT2D eigenvalue weighted by molar-refractivity contribution is 7.91. The van der Waals surface area contributed by atoms with E-state index < -0.39 is 21.8 Å². The molecule has 0 unspecified atom stereocenters. The molecule has 0 atom stereocenters. The van der Waals surface area contributed by atoms with Crippen molar-refractivity contribution in [2.45, 2.75) is 29.6 Å². The molecule has 0 spiro atoms. The summed E-state index contributed by atoms with van der Waals surface area (Å²) in [5, 5.41) is 0. The van der Waals surface area contributed by atoms with E-state index in [9.17, 15) is 18.0 Å². The molecule has 24 heavy (non-hydrogen) atoms. The quantitative estimate of drug-likeness (QED) is 0.810. The number of nitrogens with zero attached hydrogens (tertiary/aromatic N) is 2. The van der Waals surface area contributed by atoms with Crippen LogP contribution in [0.25, 0.3) is 0 Å². The summed E-state index contributed by atoms with van der Waals surface area (Å²) in [5.41, 5.74) is 0.421. The van der Waals surface area contributed by atoms with Crippen LogP contribution in [0.15, 0.2) is 34.7 Å². The summed E-state index contributed by atoms with van der Waals surface area (Å²) in [4.78, 5) is 30.3. The predicted octanol–water partition coefficient (Wildman–Crippen LogP) is 1.38. The Labute approximate surface area is 142 Å². The van der Waals surface area contributed by atoms with E-state index in [-0.39, 0.29) is 28.1 Å². The average Bonchev–Trinajstić information content (AvgIpc) is 3.17. The van der Waals surface area contributed by atoms with Gasteiger partial charge >= 0.3 is 0 Å². The van der Waals surface area contributed by atoms with Crippen molar-refractivity contribution in [2.75, 3.05) is 0 Å². The zero-order valence-electron chi connectivity index (χ0n) is 12.4. The van der Waals surface area contributed by atoms with Crippen LogP contribution >= 0.6 is 11.3 Å². The summed E-state index contributed by atoms with van der Waals surface area (Å²) >= 11 is 1.06. The molecule has 0 saturated heterocycles. The molecule has 1 aliphatic heterocycles. The Morgan fingerprint density at radius 3 is 2.71 bits per heavy atom. The van der Waals surface area contributed by atoms with Crippen molar-refractivity contribution in [3.05, 3.63) is 46.6 Å². The van der Waals surface area contributed by atoms with Crippen LogP contribution in [-0.2, 0) is 16.6 Å². The van der Waals surface area contributed by atoms with Crippen molar-refractivity contribution in [3.8, 4) is 0 Å². The standard InChI is InChI=1S/C15H13N3O4S2/c19-14-11-2-1-7-16-13(11)15(20)18(14)8-10-5-6-12(23-10)24(21,22)17-9-3-4-9/h1-2,5-7,9,17H,3-4,8H2. The highest BCUT2D eigenvalue weighted by atomic mass is 32.2. The van der Waals surface area contributed by atoms with E-state index in [1.807, 2.05) is 0 Å². The molecule has 1 saturated carbocycles. The Balaban J connectivity index is 1.55. The van der Waals surface area contributed by atoms with E-state index in [1.165, 1.54) is 12.3 Å². The Kier molecular flexibility index (Phi) is 3.52. The van der Waals surface area contributed by atoms with E-state index in [4.69, 9.17) is 0 Å². The maximum atomic E-state index is 12.3. The summed E-state index contributed by atoms with van der Waals surface area (Å²) in [6, 6.07) is 6.33. The number of aromatic nitrogens is 1. The van der Waals surface area contributed by atoms with Gasteiger partial charge in [0.1, 0.15) is 9.90 Å². The molecule has 1 N–H and O–H groups in total. The molecule has 2 aromatic heterocycles. The van der Waals surface area contributed by atoms with Gasteiger partial charge in [-0.25, -0.2) is 13.1 Å². The molecule has 3 heterocycles. The number of pyridine rings is 1. The van der Waals surface area contributed by atoms with Crippen LogP contribution in [0.2, 0.25) is 0 Å². The second-order valence-electron chi connectivity index (χ2n) is 5.71. The summed E-state index contributed by atoms with van der Waals surface area (Å²) in [6.07, 6.45) is 3.19. The van der Waals surface area contributed by atoms with E-state index in [2.05, 4.69) is 9.71 Å². The van der Waals surface area contributed by atoms with Crippen LogP contribution in [0.1, 0.15) is 38.6 Å². The van der Waals surface area contributed by atoms with Crippen molar-refractivity contribution in [1.82, 2.24) is 14.6 Å². The first-order valence-electron chi connectivity index (χ1n) is 7.38. The van der Waals surface area contributed by atoms with E-state index in [0.717, 1.165) is 29.1 Å². The molecule has 1 fully saturated rings. The van der Waals surface area contributed by atoms with Gasteiger partial charge in [-0.3, -0.25) is 19.5 Å². The molecule has 9 heteroatoms. The molecule has 4 rings (SSSR count). The van der Waals surface area contributed by atoms with Gasteiger partial charge in [-0.2, -0.15) is 0 Å². The topological polar surface area (TPSA) is 96.4 Å². The highest BCUT2D eigenvalue weighted by Crippen LogP contribution is 2.29. The van der Waals surface area contributed by atoms with Gasteiger partial charge < -0.3 is 0 Å². The predicted molar refractivity (Wildman–Crippen MR) is 86.1 cm³/mol. The fourth-order valence-corrected chi connectivity index (χ4v) is 5.15. The number of imide groups is 1. The second kappa shape index (κ2) is 5.47. The fraction of sp³-hybridized carbons (Fsp3) is 0.267. The first kappa shape index (κ1) is 15.4. The molecule has 1 aliphatic carbocycles. The highest BCUT2D eigenvalue weighted by Gasteiger charge is 2.37. The number of fused-ring (bicyclic) bond motifs is 1. The number of amides is 2. The Hall–Kier alpha value is -2.10. The zero-order valence-corrected chi connectivity index (χ0v) is 14.1. The largest absolute Gasteiger partial charge is 0.280 e. The molecule has 0 aromatic carbocycles. The first-order valence-corrected chi connectivity index (χ1v) is 9.68. The van der Waals surface area contributed by atoms with Crippen molar-refractivity contribution < 1.29 is 18.0 Å². The lowest BCUT2D eigenvalue weighted by atomic mass is 10.2. The van der Waals surface area contributed by atoms with Crippen molar-refractivity contribution in [2.24, 2.45) is 0 Å². The third-order valence-corrected chi connectivity index (χ3v) is 6.93. The van der Waals surface area contributed by atoms with Gasteiger partial charge in [0, 0.05) is 17.1 Å². The summed E-state index contributed by atoms with van der Waals surface area (Å²) in [7, 11) is -3.52. The zero-order chi connectivity index (χ0) is 16.9. The molecular weight excluding hydrogens is 350 g/mol. The summed E-state index contributed by atoms with van der Waals surface area (Å²) in [5.74, 6) is -0.860. The molecule has 0 bridgehead atoms. The maximum Gasteiger partial charge on any atom is 0.280 e. The third-order valence-electron chi connectivity index (χ3n) is 3.85. The van der Waals surface area contributed by atoms with E-state index in [1.54, 1.807) is 18.2 Å². The number of carbonyl (C=O) groups excluding carboxylic acids is 2. The van der Waals surface area contributed by atoms with Crippen LogP contribution in [0.5, 0.6) is 0 Å². The normalized spacial score (nSPS) is 17.4. The van der Waals surface area contributed by atoms with Gasteiger partial charge in [-0.1, -0.05) is 0 Å². The summed E-state index contributed by atoms with van der Waals surface area (Å²) in [6.45, 7) is 0.0393. The fourth-order valence-electron chi connectivity index (χ4n) is 2.48.